The van der Waals surface area contributed by atoms with Gasteiger partial charge in [0.25, 0.3) is 5.88 Å². The summed E-state index contributed by atoms with van der Waals surface area (Å²) in [6, 6.07) is 4.67. The predicted molar refractivity (Wildman–Crippen MR) is 76.8 cm³/mol. The van der Waals surface area contributed by atoms with Crippen molar-refractivity contribution >= 4 is 5.69 Å². The number of aryl methyl sites for hydroxylation is 3. The summed E-state index contributed by atoms with van der Waals surface area (Å²) in [7, 11) is 1.59. The lowest BCUT2D eigenvalue weighted by Gasteiger charge is -2.06. The lowest BCUT2D eigenvalue weighted by molar-refractivity contribution is -0.386. The largest absolute Gasteiger partial charge is 0.508 e. The first-order valence-electron chi connectivity index (χ1n) is 6.61. The van der Waals surface area contributed by atoms with E-state index in [4.69, 9.17) is 4.74 Å². The van der Waals surface area contributed by atoms with Gasteiger partial charge in [-0.2, -0.15) is 5.10 Å². The van der Waals surface area contributed by atoms with E-state index in [0.717, 1.165) is 12.0 Å². The Bertz CT molecular complexity index is 659. The molecular weight excluding hydrogens is 274 g/mol. The van der Waals surface area contributed by atoms with Crippen LogP contribution in [0.3, 0.4) is 0 Å². The molecule has 2 aromatic rings. The Balaban J connectivity index is 2.45. The molecular formula is C14H17N3O4. The molecule has 0 saturated heterocycles. The molecule has 0 aliphatic carbocycles. The van der Waals surface area contributed by atoms with Gasteiger partial charge in [0, 0.05) is 13.1 Å². The Labute approximate surface area is 121 Å². The summed E-state index contributed by atoms with van der Waals surface area (Å²) in [6.07, 6.45) is 1.26. The van der Waals surface area contributed by atoms with E-state index in [-0.39, 0.29) is 17.3 Å². The number of phenolic OH excluding ortho intramolecular Hbond substituents is 1. The van der Waals surface area contributed by atoms with Crippen molar-refractivity contribution < 1.29 is 14.8 Å². The summed E-state index contributed by atoms with van der Waals surface area (Å²) in [4.78, 5) is 10.8. The molecule has 0 spiro atoms. The number of hydrogen-bond acceptors (Lipinski definition) is 5. The summed E-state index contributed by atoms with van der Waals surface area (Å²) < 4.78 is 6.94. The number of nitro groups is 1. The van der Waals surface area contributed by atoms with E-state index in [1.54, 1.807) is 26.1 Å². The average Bonchev–Trinajstić information content (AvgIpc) is 2.65. The number of aromatic hydroxyl groups is 1. The Kier molecular flexibility index (Phi) is 4.11. The minimum absolute atomic E-state index is 0.0450. The average molecular weight is 291 g/mol. The quantitative estimate of drug-likeness (QED) is 0.675. The Morgan fingerprint density at radius 3 is 2.71 bits per heavy atom. The molecule has 0 fully saturated rings. The van der Waals surface area contributed by atoms with Crippen molar-refractivity contribution in [3.63, 3.8) is 0 Å². The van der Waals surface area contributed by atoms with E-state index in [1.165, 1.54) is 10.7 Å². The van der Waals surface area contributed by atoms with Crippen molar-refractivity contribution in [3.05, 3.63) is 39.6 Å². The van der Waals surface area contributed by atoms with Gasteiger partial charge in [-0.15, -0.1) is 0 Å². The van der Waals surface area contributed by atoms with Gasteiger partial charge in [-0.3, -0.25) is 10.1 Å². The fourth-order valence-electron chi connectivity index (χ4n) is 2.15. The molecule has 1 aromatic carbocycles. The number of rotatable bonds is 5. The smallest absolute Gasteiger partial charge is 0.353 e. The van der Waals surface area contributed by atoms with E-state index in [2.05, 4.69) is 5.10 Å². The fourth-order valence-corrected chi connectivity index (χ4v) is 2.15. The maximum Gasteiger partial charge on any atom is 0.353 e. The van der Waals surface area contributed by atoms with Gasteiger partial charge in [0.05, 0.1) is 4.92 Å². The van der Waals surface area contributed by atoms with Gasteiger partial charge in [-0.1, -0.05) is 13.3 Å². The number of phenols is 1. The maximum absolute atomic E-state index is 11.3. The molecule has 2 rings (SSSR count). The number of benzene rings is 1. The van der Waals surface area contributed by atoms with Crippen LogP contribution in [0.4, 0.5) is 5.69 Å². The minimum atomic E-state index is -0.483. The summed E-state index contributed by atoms with van der Waals surface area (Å²) in [5.41, 5.74) is 1.07. The van der Waals surface area contributed by atoms with E-state index in [0.29, 0.717) is 17.9 Å². The first-order chi connectivity index (χ1) is 9.92. The molecule has 1 aromatic heterocycles. The molecule has 0 radical (unpaired) electrons. The van der Waals surface area contributed by atoms with Crippen LogP contribution in [-0.4, -0.2) is 19.8 Å². The second kappa shape index (κ2) is 5.82. The van der Waals surface area contributed by atoms with Crippen molar-refractivity contribution in [2.45, 2.75) is 26.7 Å². The van der Waals surface area contributed by atoms with Crippen LogP contribution in [0.15, 0.2) is 18.2 Å². The van der Waals surface area contributed by atoms with Crippen LogP contribution in [0.1, 0.15) is 24.6 Å². The van der Waals surface area contributed by atoms with Gasteiger partial charge in [-0.05, 0) is 31.0 Å². The van der Waals surface area contributed by atoms with Crippen molar-refractivity contribution in [1.82, 2.24) is 9.78 Å². The molecule has 7 heteroatoms. The highest BCUT2D eigenvalue weighted by Gasteiger charge is 2.28. The Morgan fingerprint density at radius 1 is 1.43 bits per heavy atom. The van der Waals surface area contributed by atoms with Gasteiger partial charge >= 0.3 is 5.69 Å². The van der Waals surface area contributed by atoms with Gasteiger partial charge in [0.2, 0.25) is 0 Å². The van der Waals surface area contributed by atoms with Crippen LogP contribution in [0, 0.1) is 17.0 Å². The number of ether oxygens (including phenoxy) is 1. The molecule has 0 saturated carbocycles. The lowest BCUT2D eigenvalue weighted by atomic mass is 10.2. The maximum atomic E-state index is 11.3. The van der Waals surface area contributed by atoms with E-state index in [9.17, 15) is 15.2 Å². The van der Waals surface area contributed by atoms with E-state index in [1.807, 2.05) is 6.92 Å². The van der Waals surface area contributed by atoms with Crippen LogP contribution >= 0.6 is 0 Å². The molecule has 7 nitrogen and oxygen atoms in total. The van der Waals surface area contributed by atoms with Gasteiger partial charge < -0.3 is 9.84 Å². The van der Waals surface area contributed by atoms with Crippen molar-refractivity contribution in [3.8, 4) is 17.4 Å². The number of hydrogen-bond donors (Lipinski definition) is 1. The zero-order valence-electron chi connectivity index (χ0n) is 12.2. The molecule has 1 N–H and O–H groups in total. The highest BCUT2D eigenvalue weighted by Crippen LogP contribution is 2.35. The fraction of sp³-hybridized carbons (Fsp3) is 0.357. The first-order valence-corrected chi connectivity index (χ1v) is 6.61. The normalized spacial score (nSPS) is 10.6. The summed E-state index contributed by atoms with van der Waals surface area (Å²) in [6.45, 7) is 3.73. The monoisotopic (exact) mass is 291 g/mol. The zero-order chi connectivity index (χ0) is 15.6. The Morgan fingerprint density at radius 2 is 2.14 bits per heavy atom. The van der Waals surface area contributed by atoms with Crippen molar-refractivity contribution in [1.29, 1.82) is 0 Å². The highest BCUT2D eigenvalue weighted by molar-refractivity contribution is 5.49. The molecule has 0 atom stereocenters. The third-order valence-electron chi connectivity index (χ3n) is 2.96. The Hall–Kier alpha value is -2.57. The molecule has 0 unspecified atom stereocenters. The molecule has 112 valence electrons. The zero-order valence-corrected chi connectivity index (χ0v) is 12.2. The summed E-state index contributed by atoms with van der Waals surface area (Å²) >= 11 is 0. The predicted octanol–water partition coefficient (Wildman–Crippen LogP) is 3.09. The highest BCUT2D eigenvalue weighted by atomic mass is 16.6. The van der Waals surface area contributed by atoms with Crippen LogP contribution in [0.5, 0.6) is 17.4 Å². The van der Waals surface area contributed by atoms with Crippen LogP contribution in [0.2, 0.25) is 0 Å². The van der Waals surface area contributed by atoms with Gasteiger partial charge in [0.1, 0.15) is 17.2 Å². The number of aromatic nitrogens is 2. The summed E-state index contributed by atoms with van der Waals surface area (Å²) in [5, 5.41) is 25.0. The SMILES string of the molecule is CCCc1nn(C)c(Oc2cc(C)cc(O)c2)c1[N+](=O)[O-]. The minimum Gasteiger partial charge on any atom is -0.508 e. The molecule has 0 aliphatic rings. The summed E-state index contributed by atoms with van der Waals surface area (Å²) in [5.74, 6) is 0.443. The number of nitrogens with zero attached hydrogens (tertiary/aromatic N) is 3. The topological polar surface area (TPSA) is 90.4 Å². The molecule has 0 bridgehead atoms. The van der Waals surface area contributed by atoms with E-state index < -0.39 is 4.92 Å². The standard InChI is InChI=1S/C14H17N3O4/c1-4-5-12-13(17(19)20)14(16(3)15-12)21-11-7-9(2)6-10(18)8-11/h6-8,18H,4-5H2,1-3H3. The lowest BCUT2D eigenvalue weighted by Crippen LogP contribution is -1.97. The van der Waals surface area contributed by atoms with Crippen LogP contribution < -0.4 is 4.74 Å². The van der Waals surface area contributed by atoms with Crippen molar-refractivity contribution in [2.24, 2.45) is 7.05 Å². The second-order valence-corrected chi connectivity index (χ2v) is 4.84. The third kappa shape index (κ3) is 3.13. The second-order valence-electron chi connectivity index (χ2n) is 4.84. The molecule has 1 heterocycles. The molecule has 0 amide bonds. The third-order valence-corrected chi connectivity index (χ3v) is 2.96. The van der Waals surface area contributed by atoms with Crippen LogP contribution in [0.25, 0.3) is 0 Å². The molecule has 0 aliphatic heterocycles. The first kappa shape index (κ1) is 14.8. The molecule has 21 heavy (non-hydrogen) atoms. The van der Waals surface area contributed by atoms with Crippen molar-refractivity contribution in [2.75, 3.05) is 0 Å². The van der Waals surface area contributed by atoms with Crippen LogP contribution in [-0.2, 0) is 13.5 Å². The van der Waals surface area contributed by atoms with Gasteiger partial charge in [0.15, 0.2) is 0 Å². The van der Waals surface area contributed by atoms with E-state index >= 15 is 0 Å². The van der Waals surface area contributed by atoms with Gasteiger partial charge in [-0.25, -0.2) is 4.68 Å².